The zero-order valence-corrected chi connectivity index (χ0v) is 18.2. The Morgan fingerprint density at radius 3 is 2.43 bits per heavy atom. The van der Waals surface area contributed by atoms with Gasteiger partial charge in [0.15, 0.2) is 0 Å². The van der Waals surface area contributed by atoms with Gasteiger partial charge >= 0.3 is 0 Å². The van der Waals surface area contributed by atoms with E-state index < -0.39 is 0 Å². The summed E-state index contributed by atoms with van der Waals surface area (Å²) in [5.74, 6) is 0.624. The summed E-state index contributed by atoms with van der Waals surface area (Å²) in [7, 11) is 5.48. The van der Waals surface area contributed by atoms with Crippen molar-refractivity contribution in [2.45, 2.75) is 46.6 Å². The average molecular weight is 390 g/mol. The molecule has 0 aromatic heterocycles. The highest BCUT2D eigenvalue weighted by Crippen LogP contribution is 2.32. The van der Waals surface area contributed by atoms with Crippen LogP contribution in [-0.4, -0.2) is 51.1 Å². The second-order valence-corrected chi connectivity index (χ2v) is 9.17. The Labute approximate surface area is 169 Å². The Bertz CT molecular complexity index is 691. The average Bonchev–Trinajstić information content (AvgIpc) is 3.36. The van der Waals surface area contributed by atoms with Crippen molar-refractivity contribution >= 4 is 23.2 Å². The minimum atomic E-state index is -0.190. The molecule has 1 aromatic carbocycles. The molecule has 156 valence electrons. The molecule has 0 spiro atoms. The van der Waals surface area contributed by atoms with Crippen LogP contribution in [-0.2, 0) is 20.9 Å². The molecule has 0 heterocycles. The highest BCUT2D eigenvalue weighted by Gasteiger charge is 2.29. The molecule has 1 saturated carbocycles. The van der Waals surface area contributed by atoms with E-state index in [0.717, 1.165) is 23.5 Å². The predicted octanol–water partition coefficient (Wildman–Crippen LogP) is 3.51. The number of hydrogen-bond acceptors (Lipinski definition) is 4. The predicted molar refractivity (Wildman–Crippen MR) is 113 cm³/mol. The van der Waals surface area contributed by atoms with Crippen molar-refractivity contribution in [2.75, 3.05) is 44.6 Å². The first-order valence-corrected chi connectivity index (χ1v) is 9.96. The minimum absolute atomic E-state index is 0.0165. The summed E-state index contributed by atoms with van der Waals surface area (Å²) in [4.78, 5) is 28.9. The number of ether oxygens (including phenoxy) is 1. The van der Waals surface area contributed by atoms with Crippen LogP contribution in [0.1, 0.15) is 45.6 Å². The van der Waals surface area contributed by atoms with E-state index in [-0.39, 0.29) is 23.8 Å². The zero-order chi connectivity index (χ0) is 20.9. The van der Waals surface area contributed by atoms with Gasteiger partial charge in [0.1, 0.15) is 6.61 Å². The maximum Gasteiger partial charge on any atom is 0.250 e. The summed E-state index contributed by atoms with van der Waals surface area (Å²) in [6.45, 7) is 7.66. The van der Waals surface area contributed by atoms with Crippen molar-refractivity contribution < 1.29 is 14.3 Å². The first-order chi connectivity index (χ1) is 13.1. The van der Waals surface area contributed by atoms with Gasteiger partial charge in [-0.25, -0.2) is 0 Å². The topological polar surface area (TPSA) is 61.9 Å². The van der Waals surface area contributed by atoms with Crippen molar-refractivity contribution in [3.8, 4) is 0 Å². The molecule has 1 aliphatic rings. The van der Waals surface area contributed by atoms with Gasteiger partial charge in [0.2, 0.25) is 11.8 Å². The van der Waals surface area contributed by atoms with Gasteiger partial charge in [-0.3, -0.25) is 9.59 Å². The van der Waals surface area contributed by atoms with Gasteiger partial charge in [0.25, 0.3) is 0 Å². The molecule has 1 aliphatic carbocycles. The smallest absolute Gasteiger partial charge is 0.250 e. The molecule has 0 atom stereocenters. The van der Waals surface area contributed by atoms with Crippen LogP contribution in [0.25, 0.3) is 0 Å². The largest absolute Gasteiger partial charge is 0.377 e. The third kappa shape index (κ3) is 7.15. The van der Waals surface area contributed by atoms with Crippen LogP contribution in [0.4, 0.5) is 11.4 Å². The van der Waals surface area contributed by atoms with Crippen molar-refractivity contribution in [3.63, 3.8) is 0 Å². The summed E-state index contributed by atoms with van der Waals surface area (Å²) in [6, 6.07) is 5.84. The first kappa shape index (κ1) is 22.2. The first-order valence-electron chi connectivity index (χ1n) is 9.96. The highest BCUT2D eigenvalue weighted by atomic mass is 16.5. The molecule has 0 radical (unpaired) electrons. The lowest BCUT2D eigenvalue weighted by atomic mass is 9.91. The normalized spacial score (nSPS) is 13.9. The van der Waals surface area contributed by atoms with Gasteiger partial charge in [-0.05, 0) is 47.9 Å². The molecule has 0 unspecified atom stereocenters. The standard InChI is InChI=1S/C22H35N3O3/c1-22(2,3)12-21(27)25(13-16-7-8-16)14-17-11-18(23-20(26)15-28-6)9-10-19(17)24(4)5/h9-11,16H,7-8,12-15H2,1-6H3,(H,23,26). The Hall–Kier alpha value is -2.08. The van der Waals surface area contributed by atoms with Crippen LogP contribution in [0.5, 0.6) is 0 Å². The summed E-state index contributed by atoms with van der Waals surface area (Å²) >= 11 is 0. The molecule has 0 bridgehead atoms. The number of nitrogens with one attached hydrogen (secondary N) is 1. The fourth-order valence-electron chi connectivity index (χ4n) is 3.19. The molecular weight excluding hydrogens is 354 g/mol. The molecule has 6 nitrogen and oxygen atoms in total. The molecular formula is C22H35N3O3. The molecule has 1 N–H and O–H groups in total. The molecule has 1 aromatic rings. The Balaban J connectivity index is 2.24. The zero-order valence-electron chi connectivity index (χ0n) is 18.2. The second-order valence-electron chi connectivity index (χ2n) is 9.17. The number of carbonyl (C=O) groups excluding carboxylic acids is 2. The Morgan fingerprint density at radius 1 is 1.21 bits per heavy atom. The number of amides is 2. The lowest BCUT2D eigenvalue weighted by molar-refractivity contribution is -0.134. The Morgan fingerprint density at radius 2 is 1.89 bits per heavy atom. The van der Waals surface area contributed by atoms with Crippen LogP contribution in [0.3, 0.4) is 0 Å². The summed E-state index contributed by atoms with van der Waals surface area (Å²) in [5, 5.41) is 2.86. The third-order valence-electron chi connectivity index (χ3n) is 4.69. The van der Waals surface area contributed by atoms with Crippen molar-refractivity contribution in [2.24, 2.45) is 11.3 Å². The molecule has 2 rings (SSSR count). The van der Waals surface area contributed by atoms with Crippen molar-refractivity contribution in [1.82, 2.24) is 4.90 Å². The lowest BCUT2D eigenvalue weighted by Crippen LogP contribution is -2.35. The fraction of sp³-hybridized carbons (Fsp3) is 0.636. The molecule has 6 heteroatoms. The van der Waals surface area contributed by atoms with Crippen LogP contribution >= 0.6 is 0 Å². The van der Waals surface area contributed by atoms with E-state index in [1.807, 2.05) is 42.1 Å². The van der Waals surface area contributed by atoms with Gasteiger partial charge < -0.3 is 19.9 Å². The van der Waals surface area contributed by atoms with Crippen LogP contribution in [0.15, 0.2) is 18.2 Å². The fourth-order valence-corrected chi connectivity index (χ4v) is 3.19. The van der Waals surface area contributed by atoms with Crippen molar-refractivity contribution in [3.05, 3.63) is 23.8 Å². The van der Waals surface area contributed by atoms with E-state index in [0.29, 0.717) is 18.9 Å². The third-order valence-corrected chi connectivity index (χ3v) is 4.69. The molecule has 0 saturated heterocycles. The summed E-state index contributed by atoms with van der Waals surface area (Å²) < 4.78 is 4.89. The van der Waals surface area contributed by atoms with E-state index in [1.54, 1.807) is 0 Å². The van der Waals surface area contributed by atoms with Crippen LogP contribution in [0, 0.1) is 11.3 Å². The van der Waals surface area contributed by atoms with Gasteiger partial charge in [-0.1, -0.05) is 20.8 Å². The Kier molecular flexibility index (Phi) is 7.47. The number of hydrogen-bond donors (Lipinski definition) is 1. The monoisotopic (exact) mass is 389 g/mol. The second kappa shape index (κ2) is 9.41. The van der Waals surface area contributed by atoms with E-state index in [4.69, 9.17) is 4.74 Å². The number of anilines is 2. The van der Waals surface area contributed by atoms with Gasteiger partial charge in [-0.2, -0.15) is 0 Å². The number of rotatable bonds is 9. The minimum Gasteiger partial charge on any atom is -0.377 e. The number of carbonyl (C=O) groups is 2. The summed E-state index contributed by atoms with van der Waals surface area (Å²) in [5.41, 5.74) is 2.76. The van der Waals surface area contributed by atoms with E-state index >= 15 is 0 Å². The van der Waals surface area contributed by atoms with Gasteiger partial charge in [-0.15, -0.1) is 0 Å². The SMILES string of the molecule is COCC(=O)Nc1ccc(N(C)C)c(CN(CC2CC2)C(=O)CC(C)(C)C)c1. The van der Waals surface area contributed by atoms with Crippen molar-refractivity contribution in [1.29, 1.82) is 0 Å². The molecule has 1 fully saturated rings. The van der Waals surface area contributed by atoms with E-state index in [2.05, 4.69) is 26.1 Å². The maximum absolute atomic E-state index is 13.0. The number of nitrogens with zero attached hydrogens (tertiary/aromatic N) is 2. The van der Waals surface area contributed by atoms with Crippen LogP contribution < -0.4 is 10.2 Å². The number of benzene rings is 1. The van der Waals surface area contributed by atoms with E-state index in [9.17, 15) is 9.59 Å². The highest BCUT2D eigenvalue weighted by molar-refractivity contribution is 5.92. The van der Waals surface area contributed by atoms with Gasteiger partial charge in [0, 0.05) is 52.1 Å². The molecule has 2 amide bonds. The number of methoxy groups -OCH3 is 1. The lowest BCUT2D eigenvalue weighted by Gasteiger charge is -2.29. The van der Waals surface area contributed by atoms with E-state index in [1.165, 1.54) is 20.0 Å². The maximum atomic E-state index is 13.0. The molecule has 0 aliphatic heterocycles. The summed E-state index contributed by atoms with van der Waals surface area (Å²) in [6.07, 6.45) is 2.93. The quantitative estimate of drug-likeness (QED) is 0.702. The van der Waals surface area contributed by atoms with Gasteiger partial charge in [0.05, 0.1) is 0 Å². The molecule has 28 heavy (non-hydrogen) atoms. The van der Waals surface area contributed by atoms with Crippen LogP contribution in [0.2, 0.25) is 0 Å².